The van der Waals surface area contributed by atoms with Crippen LogP contribution in [0.2, 0.25) is 0 Å². The number of terminal acetylenes is 1. The number of rotatable bonds is 4. The Morgan fingerprint density at radius 1 is 1.73 bits per heavy atom. The van der Waals surface area contributed by atoms with E-state index >= 15 is 0 Å². The van der Waals surface area contributed by atoms with Gasteiger partial charge in [0.25, 0.3) is 5.56 Å². The second kappa shape index (κ2) is 5.88. The lowest BCUT2D eigenvalue weighted by Gasteiger charge is -2.06. The maximum Gasteiger partial charge on any atom is 0.267 e. The van der Waals surface area contributed by atoms with Crippen LogP contribution >= 0.6 is 22.6 Å². The van der Waals surface area contributed by atoms with Gasteiger partial charge in [-0.2, -0.15) is 0 Å². The monoisotopic (exact) mass is 317 g/mol. The molecule has 4 nitrogen and oxygen atoms in total. The summed E-state index contributed by atoms with van der Waals surface area (Å²) in [5, 5.41) is 3.02. The Morgan fingerprint density at radius 3 is 3.13 bits per heavy atom. The van der Waals surface area contributed by atoms with E-state index in [9.17, 15) is 4.79 Å². The quantitative estimate of drug-likeness (QED) is 0.496. The third kappa shape index (κ3) is 3.32. The first-order chi connectivity index (χ1) is 7.16. The van der Waals surface area contributed by atoms with Crippen molar-refractivity contribution >= 4 is 22.6 Å². The highest BCUT2D eigenvalue weighted by Crippen LogP contribution is 2.00. The fourth-order valence-electron chi connectivity index (χ4n) is 1.07. The Bertz CT molecular complexity index is 433. The van der Waals surface area contributed by atoms with Crippen molar-refractivity contribution in [1.82, 2.24) is 14.9 Å². The smallest absolute Gasteiger partial charge is 0.267 e. The van der Waals surface area contributed by atoms with E-state index in [2.05, 4.69) is 16.2 Å². The lowest BCUT2D eigenvalue weighted by Crippen LogP contribution is -2.29. The summed E-state index contributed by atoms with van der Waals surface area (Å²) in [4.78, 5) is 15.8. The summed E-state index contributed by atoms with van der Waals surface area (Å²) >= 11 is 2.01. The van der Waals surface area contributed by atoms with Crippen LogP contribution in [0, 0.1) is 22.8 Å². The van der Waals surface area contributed by atoms with Crippen molar-refractivity contribution in [1.29, 1.82) is 0 Å². The Labute approximate surface area is 102 Å². The summed E-state index contributed by atoms with van der Waals surface area (Å²) in [5.41, 5.74) is 0.777. The minimum absolute atomic E-state index is 0.00519. The van der Waals surface area contributed by atoms with Crippen LogP contribution in [0.5, 0.6) is 0 Å². The third-order valence-corrected chi connectivity index (χ3v) is 3.16. The molecule has 0 aromatic carbocycles. The average molecular weight is 317 g/mol. The first kappa shape index (κ1) is 12.2. The van der Waals surface area contributed by atoms with Gasteiger partial charge in [-0.25, -0.2) is 4.98 Å². The van der Waals surface area contributed by atoms with Gasteiger partial charge in [0.15, 0.2) is 0 Å². The molecule has 80 valence electrons. The Morgan fingerprint density at radius 2 is 2.47 bits per heavy atom. The average Bonchev–Trinajstić information content (AvgIpc) is 2.24. The largest absolute Gasteiger partial charge is 0.304 e. The molecule has 0 amide bonds. The summed E-state index contributed by atoms with van der Waals surface area (Å²) < 4.78 is 2.25. The number of nitrogens with one attached hydrogen (secondary N) is 1. The van der Waals surface area contributed by atoms with Gasteiger partial charge in [-0.05, 0) is 29.5 Å². The van der Waals surface area contributed by atoms with Crippen molar-refractivity contribution in [2.24, 2.45) is 0 Å². The number of nitrogens with zero attached hydrogens (tertiary/aromatic N) is 2. The molecule has 0 fully saturated rings. The number of aromatic nitrogens is 2. The van der Waals surface area contributed by atoms with Crippen molar-refractivity contribution in [2.75, 3.05) is 13.1 Å². The molecule has 1 aromatic heterocycles. The van der Waals surface area contributed by atoms with Gasteiger partial charge in [0.2, 0.25) is 0 Å². The van der Waals surface area contributed by atoms with Crippen LogP contribution in [0.4, 0.5) is 0 Å². The van der Waals surface area contributed by atoms with E-state index in [1.807, 2.05) is 29.5 Å². The van der Waals surface area contributed by atoms with Crippen LogP contribution in [0.25, 0.3) is 0 Å². The predicted octanol–water partition coefficient (Wildman–Crippen LogP) is 0.379. The second-order valence-electron chi connectivity index (χ2n) is 3.02. The summed E-state index contributed by atoms with van der Waals surface area (Å²) in [6.07, 6.45) is 6.65. The van der Waals surface area contributed by atoms with Crippen LogP contribution in [0.3, 0.4) is 0 Å². The Kier molecular flexibility index (Phi) is 4.78. The molecule has 1 N–H and O–H groups in total. The molecule has 0 atom stereocenters. The first-order valence-corrected chi connectivity index (χ1v) is 5.60. The van der Waals surface area contributed by atoms with Gasteiger partial charge < -0.3 is 5.32 Å². The van der Waals surface area contributed by atoms with Crippen molar-refractivity contribution < 1.29 is 0 Å². The van der Waals surface area contributed by atoms with E-state index in [-0.39, 0.29) is 5.56 Å². The standard InChI is InChI=1S/C10H12IN3O/c1-3-4-12-5-6-14-7-13-8(2)9(11)10(14)15/h1,7,12H,4-6H2,2H3. The van der Waals surface area contributed by atoms with Gasteiger partial charge in [-0.1, -0.05) is 5.92 Å². The maximum atomic E-state index is 11.7. The van der Waals surface area contributed by atoms with Gasteiger partial charge in [-0.15, -0.1) is 6.42 Å². The minimum atomic E-state index is 0.00519. The van der Waals surface area contributed by atoms with E-state index in [0.717, 1.165) is 5.69 Å². The zero-order valence-corrected chi connectivity index (χ0v) is 10.6. The second-order valence-corrected chi connectivity index (χ2v) is 4.10. The SMILES string of the molecule is C#CCNCCn1cnc(C)c(I)c1=O. The lowest BCUT2D eigenvalue weighted by molar-refractivity contribution is 0.599. The summed E-state index contributed by atoms with van der Waals surface area (Å²) in [6, 6.07) is 0. The molecule has 0 saturated carbocycles. The molecule has 0 bridgehead atoms. The van der Waals surface area contributed by atoms with E-state index in [1.165, 1.54) is 0 Å². The molecule has 5 heteroatoms. The molecule has 1 rings (SSSR count). The van der Waals surface area contributed by atoms with Crippen LogP contribution in [0.15, 0.2) is 11.1 Å². The van der Waals surface area contributed by atoms with Crippen LogP contribution in [0.1, 0.15) is 5.69 Å². The van der Waals surface area contributed by atoms with Gasteiger partial charge >= 0.3 is 0 Å². The number of halogens is 1. The predicted molar refractivity (Wildman–Crippen MR) is 67.7 cm³/mol. The minimum Gasteiger partial charge on any atom is -0.304 e. The summed E-state index contributed by atoms with van der Waals surface area (Å²) in [5.74, 6) is 2.47. The summed E-state index contributed by atoms with van der Waals surface area (Å²) in [7, 11) is 0. The molecule has 0 aliphatic heterocycles. The molecule has 0 aliphatic rings. The van der Waals surface area contributed by atoms with Gasteiger partial charge in [0.05, 0.1) is 22.1 Å². The van der Waals surface area contributed by atoms with E-state index in [4.69, 9.17) is 6.42 Å². The fourth-order valence-corrected chi connectivity index (χ4v) is 1.51. The topological polar surface area (TPSA) is 46.9 Å². The van der Waals surface area contributed by atoms with Gasteiger partial charge in [0, 0.05) is 13.1 Å². The van der Waals surface area contributed by atoms with E-state index < -0.39 is 0 Å². The molecular weight excluding hydrogens is 305 g/mol. The normalized spacial score (nSPS) is 9.93. The maximum absolute atomic E-state index is 11.7. The van der Waals surface area contributed by atoms with Crippen molar-refractivity contribution in [2.45, 2.75) is 13.5 Å². The highest BCUT2D eigenvalue weighted by molar-refractivity contribution is 14.1. The highest BCUT2D eigenvalue weighted by atomic mass is 127. The van der Waals surface area contributed by atoms with E-state index in [1.54, 1.807) is 10.9 Å². The highest BCUT2D eigenvalue weighted by Gasteiger charge is 2.04. The Balaban J connectivity index is 2.67. The van der Waals surface area contributed by atoms with E-state index in [0.29, 0.717) is 23.2 Å². The molecule has 0 unspecified atom stereocenters. The lowest BCUT2D eigenvalue weighted by atomic mass is 10.4. The molecule has 1 heterocycles. The Hall–Kier alpha value is -0.870. The van der Waals surface area contributed by atoms with Crippen molar-refractivity contribution in [3.8, 4) is 12.3 Å². The molecule has 0 saturated heterocycles. The third-order valence-electron chi connectivity index (χ3n) is 1.91. The molecule has 0 aliphatic carbocycles. The van der Waals surface area contributed by atoms with Crippen LogP contribution < -0.4 is 10.9 Å². The molecular formula is C10H12IN3O. The zero-order valence-electron chi connectivity index (χ0n) is 8.46. The zero-order chi connectivity index (χ0) is 11.3. The van der Waals surface area contributed by atoms with Crippen molar-refractivity contribution in [3.05, 3.63) is 25.9 Å². The number of hydrogen-bond acceptors (Lipinski definition) is 3. The molecule has 1 aromatic rings. The fraction of sp³-hybridized carbons (Fsp3) is 0.400. The first-order valence-electron chi connectivity index (χ1n) is 4.52. The molecule has 15 heavy (non-hydrogen) atoms. The van der Waals surface area contributed by atoms with Crippen LogP contribution in [-0.4, -0.2) is 22.6 Å². The summed E-state index contributed by atoms with van der Waals surface area (Å²) in [6.45, 7) is 3.60. The van der Waals surface area contributed by atoms with Crippen molar-refractivity contribution in [3.63, 3.8) is 0 Å². The molecule has 0 radical (unpaired) electrons. The van der Waals surface area contributed by atoms with Gasteiger partial charge in [-0.3, -0.25) is 9.36 Å². The van der Waals surface area contributed by atoms with Gasteiger partial charge in [0.1, 0.15) is 0 Å². The number of aryl methyl sites for hydroxylation is 1. The van der Waals surface area contributed by atoms with Crippen LogP contribution in [-0.2, 0) is 6.54 Å². The molecule has 0 spiro atoms. The number of hydrogen-bond donors (Lipinski definition) is 1.